The first kappa shape index (κ1) is 12.4. The molecule has 1 N–H and O–H groups in total. The first-order valence-electron chi connectivity index (χ1n) is 6.84. The maximum atomic E-state index is 5.72. The third-order valence-electron chi connectivity index (χ3n) is 3.36. The number of aryl methyl sites for hydroxylation is 1. The van der Waals surface area contributed by atoms with Crippen LogP contribution in [0.4, 0.5) is 0 Å². The number of hydrogen-bond donors (Lipinski definition) is 1. The van der Waals surface area contributed by atoms with Crippen LogP contribution in [0.25, 0.3) is 0 Å². The minimum absolute atomic E-state index is 0.522. The fourth-order valence-corrected chi connectivity index (χ4v) is 2.55. The van der Waals surface area contributed by atoms with E-state index in [9.17, 15) is 0 Å². The number of benzene rings is 1. The van der Waals surface area contributed by atoms with Gasteiger partial charge in [-0.2, -0.15) is 0 Å². The second-order valence-electron chi connectivity index (χ2n) is 4.71. The van der Waals surface area contributed by atoms with Gasteiger partial charge >= 0.3 is 0 Å². The van der Waals surface area contributed by atoms with Crippen LogP contribution in [0.3, 0.4) is 0 Å². The maximum absolute atomic E-state index is 5.72. The summed E-state index contributed by atoms with van der Waals surface area (Å²) in [6.45, 7) is 6.15. The van der Waals surface area contributed by atoms with E-state index in [1.807, 2.05) is 0 Å². The van der Waals surface area contributed by atoms with Crippen LogP contribution in [0.15, 0.2) is 18.2 Å². The van der Waals surface area contributed by atoms with Crippen molar-refractivity contribution in [1.29, 1.82) is 0 Å². The van der Waals surface area contributed by atoms with Gasteiger partial charge in [-0.25, -0.2) is 0 Å². The molecule has 2 nitrogen and oxygen atoms in total. The summed E-state index contributed by atoms with van der Waals surface area (Å²) in [5, 5.41) is 3.57. The number of fused-ring (bicyclic) bond motifs is 1. The van der Waals surface area contributed by atoms with Gasteiger partial charge in [-0.3, -0.25) is 0 Å². The molecule has 2 rings (SSSR count). The Hall–Kier alpha value is -1.02. The molecule has 94 valence electrons. The highest BCUT2D eigenvalue weighted by Gasteiger charge is 2.19. The monoisotopic (exact) mass is 233 g/mol. The second kappa shape index (κ2) is 6.06. The van der Waals surface area contributed by atoms with Gasteiger partial charge in [-0.1, -0.05) is 19.9 Å². The minimum atomic E-state index is 0.522. The molecule has 0 aliphatic heterocycles. The molecule has 17 heavy (non-hydrogen) atoms. The van der Waals surface area contributed by atoms with Gasteiger partial charge < -0.3 is 10.1 Å². The summed E-state index contributed by atoms with van der Waals surface area (Å²) >= 11 is 0. The molecule has 1 aromatic carbocycles. The van der Waals surface area contributed by atoms with E-state index in [4.69, 9.17) is 4.74 Å². The van der Waals surface area contributed by atoms with Crippen LogP contribution in [0, 0.1) is 0 Å². The Morgan fingerprint density at radius 3 is 3.00 bits per heavy atom. The van der Waals surface area contributed by atoms with Gasteiger partial charge in [0.1, 0.15) is 5.75 Å². The lowest BCUT2D eigenvalue weighted by Crippen LogP contribution is -2.24. The first-order chi connectivity index (χ1) is 8.35. The standard InChI is InChI=1S/C15H23NO/c1-3-10-17-13-9-8-12-6-5-7-15(16-4-2)14(12)11-13/h8-9,11,15-16H,3-7,10H2,1-2H3. The number of nitrogens with one attached hydrogen (secondary N) is 1. The highest BCUT2D eigenvalue weighted by atomic mass is 16.5. The SMILES string of the molecule is CCCOc1ccc2c(c1)C(NCC)CCC2. The molecule has 1 atom stereocenters. The van der Waals surface area contributed by atoms with E-state index in [1.54, 1.807) is 0 Å². The van der Waals surface area contributed by atoms with Gasteiger partial charge in [0.15, 0.2) is 0 Å². The Kier molecular flexibility index (Phi) is 4.43. The average Bonchev–Trinajstić information content (AvgIpc) is 2.37. The van der Waals surface area contributed by atoms with Gasteiger partial charge in [-0.05, 0) is 55.5 Å². The zero-order chi connectivity index (χ0) is 12.1. The van der Waals surface area contributed by atoms with Crippen LogP contribution < -0.4 is 10.1 Å². The number of rotatable bonds is 5. The summed E-state index contributed by atoms with van der Waals surface area (Å²) in [5.74, 6) is 1.02. The average molecular weight is 233 g/mol. The molecule has 0 amide bonds. The normalized spacial score (nSPS) is 18.8. The fraction of sp³-hybridized carbons (Fsp3) is 0.600. The lowest BCUT2D eigenvalue weighted by atomic mass is 9.87. The van der Waals surface area contributed by atoms with Crippen molar-refractivity contribution >= 4 is 0 Å². The third-order valence-corrected chi connectivity index (χ3v) is 3.36. The quantitative estimate of drug-likeness (QED) is 0.841. The van der Waals surface area contributed by atoms with Crippen molar-refractivity contribution in [1.82, 2.24) is 5.32 Å². The van der Waals surface area contributed by atoms with E-state index < -0.39 is 0 Å². The van der Waals surface area contributed by atoms with Crippen LogP contribution >= 0.6 is 0 Å². The molecular formula is C15H23NO. The molecule has 0 fully saturated rings. The van der Waals surface area contributed by atoms with Gasteiger partial charge in [0.25, 0.3) is 0 Å². The van der Waals surface area contributed by atoms with E-state index in [0.29, 0.717) is 6.04 Å². The Labute approximate surface area is 104 Å². The zero-order valence-corrected chi connectivity index (χ0v) is 11.0. The topological polar surface area (TPSA) is 21.3 Å². The van der Waals surface area contributed by atoms with Crippen LogP contribution in [0.5, 0.6) is 5.75 Å². The van der Waals surface area contributed by atoms with Crippen molar-refractivity contribution in [3.05, 3.63) is 29.3 Å². The lowest BCUT2D eigenvalue weighted by Gasteiger charge is -2.26. The van der Waals surface area contributed by atoms with E-state index in [0.717, 1.165) is 25.3 Å². The van der Waals surface area contributed by atoms with Crippen molar-refractivity contribution in [2.75, 3.05) is 13.2 Å². The largest absolute Gasteiger partial charge is 0.494 e. The Balaban J connectivity index is 2.18. The molecule has 0 saturated heterocycles. The molecule has 2 heteroatoms. The minimum Gasteiger partial charge on any atom is -0.494 e. The molecule has 1 unspecified atom stereocenters. The molecule has 0 heterocycles. The Bertz CT molecular complexity index is 362. The molecule has 1 aliphatic rings. The van der Waals surface area contributed by atoms with Crippen LogP contribution in [0.2, 0.25) is 0 Å². The highest BCUT2D eigenvalue weighted by Crippen LogP contribution is 2.32. The van der Waals surface area contributed by atoms with Gasteiger partial charge in [0.05, 0.1) is 6.61 Å². The Morgan fingerprint density at radius 2 is 2.24 bits per heavy atom. The lowest BCUT2D eigenvalue weighted by molar-refractivity contribution is 0.316. The predicted molar refractivity (Wildman–Crippen MR) is 71.6 cm³/mol. The van der Waals surface area contributed by atoms with Gasteiger partial charge in [0, 0.05) is 6.04 Å². The van der Waals surface area contributed by atoms with E-state index >= 15 is 0 Å². The predicted octanol–water partition coefficient (Wildman–Crippen LogP) is 3.46. The van der Waals surface area contributed by atoms with Crippen molar-refractivity contribution in [3.63, 3.8) is 0 Å². The van der Waals surface area contributed by atoms with Crippen LogP contribution in [-0.2, 0) is 6.42 Å². The van der Waals surface area contributed by atoms with Crippen LogP contribution in [0.1, 0.15) is 50.3 Å². The number of ether oxygens (including phenoxy) is 1. The summed E-state index contributed by atoms with van der Waals surface area (Å²) in [4.78, 5) is 0. The van der Waals surface area contributed by atoms with Crippen LogP contribution in [-0.4, -0.2) is 13.2 Å². The fourth-order valence-electron chi connectivity index (χ4n) is 2.55. The van der Waals surface area contributed by atoms with Gasteiger partial charge in [0.2, 0.25) is 0 Å². The second-order valence-corrected chi connectivity index (χ2v) is 4.71. The molecule has 1 aliphatic carbocycles. The maximum Gasteiger partial charge on any atom is 0.119 e. The summed E-state index contributed by atoms with van der Waals surface area (Å²) in [5.41, 5.74) is 2.94. The molecule has 0 spiro atoms. The molecule has 1 aromatic rings. The van der Waals surface area contributed by atoms with Crippen molar-refractivity contribution in [2.24, 2.45) is 0 Å². The van der Waals surface area contributed by atoms with E-state index in [1.165, 1.54) is 30.4 Å². The van der Waals surface area contributed by atoms with Crippen molar-refractivity contribution < 1.29 is 4.74 Å². The smallest absolute Gasteiger partial charge is 0.119 e. The number of hydrogen-bond acceptors (Lipinski definition) is 2. The summed E-state index contributed by atoms with van der Waals surface area (Å²) in [7, 11) is 0. The molecular weight excluding hydrogens is 210 g/mol. The molecule has 0 aromatic heterocycles. The summed E-state index contributed by atoms with van der Waals surface area (Å²) in [6, 6.07) is 7.11. The Morgan fingerprint density at radius 1 is 1.35 bits per heavy atom. The van der Waals surface area contributed by atoms with Crippen molar-refractivity contribution in [3.8, 4) is 5.75 Å². The van der Waals surface area contributed by atoms with Gasteiger partial charge in [-0.15, -0.1) is 0 Å². The summed E-state index contributed by atoms with van der Waals surface area (Å²) in [6.07, 6.45) is 4.82. The molecule has 0 saturated carbocycles. The molecule has 0 bridgehead atoms. The zero-order valence-electron chi connectivity index (χ0n) is 11.0. The summed E-state index contributed by atoms with van der Waals surface area (Å²) < 4.78 is 5.72. The van der Waals surface area contributed by atoms with E-state index in [2.05, 4.69) is 37.4 Å². The highest BCUT2D eigenvalue weighted by molar-refractivity contribution is 5.39. The first-order valence-corrected chi connectivity index (χ1v) is 6.84. The van der Waals surface area contributed by atoms with Crippen molar-refractivity contribution in [2.45, 2.75) is 45.6 Å². The third kappa shape index (κ3) is 3.01. The van der Waals surface area contributed by atoms with E-state index in [-0.39, 0.29) is 0 Å². The molecule has 0 radical (unpaired) electrons.